The van der Waals surface area contributed by atoms with Crippen LogP contribution in [0.3, 0.4) is 0 Å². The molecule has 0 aliphatic heterocycles. The van der Waals surface area contributed by atoms with Gasteiger partial charge in [-0.25, -0.2) is 0 Å². The van der Waals surface area contributed by atoms with Crippen LogP contribution >= 0.6 is 0 Å². The van der Waals surface area contributed by atoms with Crippen molar-refractivity contribution in [2.75, 3.05) is 19.9 Å². The van der Waals surface area contributed by atoms with E-state index in [1.165, 1.54) is 12.1 Å². The van der Waals surface area contributed by atoms with Crippen molar-refractivity contribution in [1.82, 2.24) is 0 Å². The molecule has 0 radical (unpaired) electrons. The summed E-state index contributed by atoms with van der Waals surface area (Å²) in [6, 6.07) is 2.65. The summed E-state index contributed by atoms with van der Waals surface area (Å²) in [5, 5.41) is 0. The van der Waals surface area contributed by atoms with Gasteiger partial charge in [0.05, 0.1) is 19.9 Å². The van der Waals surface area contributed by atoms with E-state index in [2.05, 4.69) is 13.8 Å². The minimum absolute atomic E-state index is 0.0168. The Labute approximate surface area is 130 Å². The Morgan fingerprint density at radius 3 is 1.91 bits per heavy atom. The summed E-state index contributed by atoms with van der Waals surface area (Å²) < 4.78 is 49.7. The van der Waals surface area contributed by atoms with Crippen LogP contribution in [-0.4, -0.2) is 19.9 Å². The summed E-state index contributed by atoms with van der Waals surface area (Å²) in [4.78, 5) is 0. The normalized spacial score (nSPS) is 11.0. The fourth-order valence-corrected chi connectivity index (χ4v) is 1.99. The van der Waals surface area contributed by atoms with Gasteiger partial charge in [0, 0.05) is 6.42 Å². The van der Waals surface area contributed by atoms with Crippen LogP contribution in [0.15, 0.2) is 12.1 Å². The molecule has 0 unspecified atom stereocenters. The van der Waals surface area contributed by atoms with Gasteiger partial charge in [0.2, 0.25) is 11.6 Å². The monoisotopic (exact) mass is 318 g/mol. The second kappa shape index (κ2) is 10.4. The minimum atomic E-state index is -1.09. The molecule has 0 bridgehead atoms. The number of alkyl halides is 1. The van der Waals surface area contributed by atoms with Crippen LogP contribution in [0, 0.1) is 17.6 Å². The fraction of sp³-hybridized carbons (Fsp3) is 0.647. The van der Waals surface area contributed by atoms with E-state index in [9.17, 15) is 13.2 Å². The lowest BCUT2D eigenvalue weighted by molar-refractivity contribution is 0.260. The highest BCUT2D eigenvalue weighted by molar-refractivity contribution is 5.35. The van der Waals surface area contributed by atoms with E-state index in [-0.39, 0.29) is 24.5 Å². The average molecular weight is 318 g/mol. The SMILES string of the molecule is CC(C)CCCCCOc1ccc(OCCCF)c(F)c1F. The molecule has 1 aromatic rings. The van der Waals surface area contributed by atoms with Gasteiger partial charge in [-0.1, -0.05) is 33.1 Å². The molecule has 0 saturated heterocycles. The lowest BCUT2D eigenvalue weighted by Crippen LogP contribution is -2.04. The van der Waals surface area contributed by atoms with Crippen LogP contribution in [0.2, 0.25) is 0 Å². The number of benzene rings is 1. The van der Waals surface area contributed by atoms with Crippen LogP contribution in [0.25, 0.3) is 0 Å². The van der Waals surface area contributed by atoms with Gasteiger partial charge in [-0.05, 0) is 24.5 Å². The summed E-state index contributed by atoms with van der Waals surface area (Å²) in [7, 11) is 0. The van der Waals surface area contributed by atoms with E-state index in [0.29, 0.717) is 12.5 Å². The van der Waals surface area contributed by atoms with E-state index in [1.54, 1.807) is 0 Å². The molecule has 0 aliphatic carbocycles. The molecule has 0 aliphatic rings. The Kier molecular flexibility index (Phi) is 8.78. The molecule has 22 heavy (non-hydrogen) atoms. The largest absolute Gasteiger partial charge is 0.490 e. The minimum Gasteiger partial charge on any atom is -0.490 e. The molecule has 0 saturated carbocycles. The number of halogens is 3. The van der Waals surface area contributed by atoms with Gasteiger partial charge in [0.25, 0.3) is 0 Å². The van der Waals surface area contributed by atoms with Crippen LogP contribution in [0.4, 0.5) is 13.2 Å². The van der Waals surface area contributed by atoms with E-state index in [4.69, 9.17) is 9.47 Å². The highest BCUT2D eigenvalue weighted by Gasteiger charge is 2.15. The Balaban J connectivity index is 2.39. The molecule has 0 N–H and O–H groups in total. The van der Waals surface area contributed by atoms with Crippen molar-refractivity contribution in [2.24, 2.45) is 5.92 Å². The molecular weight excluding hydrogens is 293 g/mol. The molecule has 0 atom stereocenters. The topological polar surface area (TPSA) is 18.5 Å². The zero-order valence-corrected chi connectivity index (χ0v) is 13.3. The first-order chi connectivity index (χ1) is 10.6. The van der Waals surface area contributed by atoms with Crippen LogP contribution < -0.4 is 9.47 Å². The first kappa shape index (κ1) is 18.7. The van der Waals surface area contributed by atoms with E-state index in [0.717, 1.165) is 25.7 Å². The van der Waals surface area contributed by atoms with E-state index in [1.807, 2.05) is 0 Å². The summed E-state index contributed by atoms with van der Waals surface area (Å²) in [6.07, 6.45) is 4.23. The fourth-order valence-electron chi connectivity index (χ4n) is 1.99. The summed E-state index contributed by atoms with van der Waals surface area (Å²) in [5.74, 6) is -1.79. The standard InChI is InChI=1S/C17H25F3O2/c1-13(2)7-4-3-5-11-21-14-8-9-15(17(20)16(14)19)22-12-6-10-18/h8-9,13H,3-7,10-12H2,1-2H3. The maximum absolute atomic E-state index is 13.8. The lowest BCUT2D eigenvalue weighted by Gasteiger charge is -2.11. The third kappa shape index (κ3) is 6.58. The van der Waals surface area contributed by atoms with Crippen molar-refractivity contribution in [3.05, 3.63) is 23.8 Å². The molecule has 1 aromatic carbocycles. The Morgan fingerprint density at radius 2 is 1.41 bits per heavy atom. The third-order valence-corrected chi connectivity index (χ3v) is 3.23. The Bertz CT molecular complexity index is 436. The number of hydrogen-bond donors (Lipinski definition) is 0. The molecule has 0 aromatic heterocycles. The van der Waals surface area contributed by atoms with Gasteiger partial charge < -0.3 is 9.47 Å². The van der Waals surface area contributed by atoms with Gasteiger partial charge in [0.15, 0.2) is 11.5 Å². The quantitative estimate of drug-likeness (QED) is 0.516. The highest BCUT2D eigenvalue weighted by Crippen LogP contribution is 2.27. The highest BCUT2D eigenvalue weighted by atomic mass is 19.2. The first-order valence-corrected chi connectivity index (χ1v) is 7.85. The molecule has 0 amide bonds. The predicted octanol–water partition coefficient (Wildman–Crippen LogP) is 5.30. The summed E-state index contributed by atoms with van der Waals surface area (Å²) in [5.41, 5.74) is 0. The zero-order chi connectivity index (χ0) is 16.4. The summed E-state index contributed by atoms with van der Waals surface area (Å²) >= 11 is 0. The van der Waals surface area contributed by atoms with Crippen molar-refractivity contribution in [2.45, 2.75) is 46.0 Å². The van der Waals surface area contributed by atoms with Crippen molar-refractivity contribution < 1.29 is 22.6 Å². The van der Waals surface area contributed by atoms with Gasteiger partial charge in [0.1, 0.15) is 0 Å². The Hall–Kier alpha value is -1.39. The van der Waals surface area contributed by atoms with Crippen LogP contribution in [0.5, 0.6) is 11.5 Å². The number of hydrogen-bond acceptors (Lipinski definition) is 2. The second-order valence-electron chi connectivity index (χ2n) is 5.67. The Morgan fingerprint density at radius 1 is 0.864 bits per heavy atom. The van der Waals surface area contributed by atoms with Crippen molar-refractivity contribution in [3.8, 4) is 11.5 Å². The molecule has 0 fully saturated rings. The van der Waals surface area contributed by atoms with Crippen LogP contribution in [0.1, 0.15) is 46.0 Å². The van der Waals surface area contributed by atoms with Gasteiger partial charge >= 0.3 is 0 Å². The average Bonchev–Trinajstić information content (AvgIpc) is 2.49. The van der Waals surface area contributed by atoms with Gasteiger partial charge in [-0.3, -0.25) is 4.39 Å². The van der Waals surface area contributed by atoms with Gasteiger partial charge in [-0.2, -0.15) is 8.78 Å². The molecule has 126 valence electrons. The smallest absolute Gasteiger partial charge is 0.204 e. The molecule has 2 nitrogen and oxygen atoms in total. The maximum Gasteiger partial charge on any atom is 0.204 e. The van der Waals surface area contributed by atoms with E-state index >= 15 is 0 Å². The number of rotatable bonds is 11. The lowest BCUT2D eigenvalue weighted by atomic mass is 10.1. The second-order valence-corrected chi connectivity index (χ2v) is 5.67. The van der Waals surface area contributed by atoms with Gasteiger partial charge in [-0.15, -0.1) is 0 Å². The molecule has 5 heteroatoms. The van der Waals surface area contributed by atoms with Crippen molar-refractivity contribution in [3.63, 3.8) is 0 Å². The van der Waals surface area contributed by atoms with Crippen LogP contribution in [-0.2, 0) is 0 Å². The van der Waals surface area contributed by atoms with Crippen molar-refractivity contribution in [1.29, 1.82) is 0 Å². The number of ether oxygens (including phenoxy) is 2. The maximum atomic E-state index is 13.8. The molecule has 0 heterocycles. The molecule has 0 spiro atoms. The zero-order valence-electron chi connectivity index (χ0n) is 13.3. The predicted molar refractivity (Wildman–Crippen MR) is 81.2 cm³/mol. The first-order valence-electron chi connectivity index (χ1n) is 7.85. The summed E-state index contributed by atoms with van der Waals surface area (Å²) in [6.45, 7) is 4.17. The molecular formula is C17H25F3O2. The molecule has 1 rings (SSSR count). The number of unbranched alkanes of at least 4 members (excludes halogenated alkanes) is 2. The van der Waals surface area contributed by atoms with E-state index < -0.39 is 18.3 Å². The van der Waals surface area contributed by atoms with Crippen molar-refractivity contribution >= 4 is 0 Å². The third-order valence-electron chi connectivity index (χ3n) is 3.23.